The van der Waals surface area contributed by atoms with Crippen molar-refractivity contribution in [1.82, 2.24) is 25.3 Å². The number of hydrogen-bond donors (Lipinski definition) is 2. The Balaban J connectivity index is 1.66. The van der Waals surface area contributed by atoms with Gasteiger partial charge in [0.25, 0.3) is 5.91 Å². The highest BCUT2D eigenvalue weighted by atomic mass is 16.5. The zero-order valence-corrected chi connectivity index (χ0v) is 12.2. The molecule has 1 amide bonds. The minimum atomic E-state index is -0.106. The minimum absolute atomic E-state index is 0.0131. The van der Waals surface area contributed by atoms with Crippen LogP contribution in [0.4, 0.5) is 0 Å². The number of carbonyl (C=O) groups is 1. The van der Waals surface area contributed by atoms with Crippen molar-refractivity contribution in [2.75, 3.05) is 0 Å². The van der Waals surface area contributed by atoms with E-state index in [1.165, 1.54) is 0 Å². The van der Waals surface area contributed by atoms with Gasteiger partial charge in [-0.15, -0.1) is 0 Å². The normalized spacial score (nSPS) is 21.4. The molecule has 0 aromatic carbocycles. The van der Waals surface area contributed by atoms with E-state index in [4.69, 9.17) is 4.74 Å². The molecule has 3 rings (SSSR count). The molecule has 112 valence electrons. The standard InChI is InChI=1S/C14H19N5O2/c1-9-6-12(19(2)18-9)14(20)17-11-4-3-5-13(11)21-10-7-15-16-8-10/h6-8,11,13H,3-5H2,1-2H3,(H,15,16)(H,17,20)/t11-,13+/m0/s1. The minimum Gasteiger partial charge on any atom is -0.485 e. The number of aryl methyl sites for hydroxylation is 2. The van der Waals surface area contributed by atoms with Gasteiger partial charge in [-0.3, -0.25) is 14.6 Å². The molecule has 1 saturated carbocycles. The maximum Gasteiger partial charge on any atom is 0.269 e. The molecule has 7 heteroatoms. The maximum absolute atomic E-state index is 12.3. The molecule has 0 aliphatic heterocycles. The summed E-state index contributed by atoms with van der Waals surface area (Å²) in [7, 11) is 1.77. The summed E-state index contributed by atoms with van der Waals surface area (Å²) in [5.74, 6) is 0.600. The van der Waals surface area contributed by atoms with Gasteiger partial charge < -0.3 is 10.1 Å². The largest absolute Gasteiger partial charge is 0.485 e. The van der Waals surface area contributed by atoms with Crippen molar-refractivity contribution in [3.05, 3.63) is 29.8 Å². The van der Waals surface area contributed by atoms with Gasteiger partial charge in [-0.1, -0.05) is 0 Å². The zero-order valence-electron chi connectivity index (χ0n) is 12.2. The van der Waals surface area contributed by atoms with Crippen molar-refractivity contribution in [1.29, 1.82) is 0 Å². The summed E-state index contributed by atoms with van der Waals surface area (Å²) in [6.45, 7) is 1.87. The van der Waals surface area contributed by atoms with Crippen molar-refractivity contribution < 1.29 is 9.53 Å². The van der Waals surface area contributed by atoms with Crippen LogP contribution >= 0.6 is 0 Å². The Morgan fingerprint density at radius 2 is 2.38 bits per heavy atom. The predicted molar refractivity (Wildman–Crippen MR) is 76.1 cm³/mol. The number of ether oxygens (including phenoxy) is 1. The predicted octanol–water partition coefficient (Wildman–Crippen LogP) is 1.18. The molecule has 2 N–H and O–H groups in total. The van der Waals surface area contributed by atoms with Crippen LogP contribution in [0, 0.1) is 6.92 Å². The molecule has 2 aromatic rings. The fourth-order valence-corrected chi connectivity index (χ4v) is 2.78. The molecule has 0 unspecified atom stereocenters. The lowest BCUT2D eigenvalue weighted by atomic mass is 10.2. The van der Waals surface area contributed by atoms with Crippen LogP contribution in [-0.2, 0) is 7.05 Å². The van der Waals surface area contributed by atoms with Crippen molar-refractivity contribution >= 4 is 5.91 Å². The molecule has 2 heterocycles. The molecule has 0 saturated heterocycles. The average Bonchev–Trinajstić information content (AvgIpc) is 3.14. The quantitative estimate of drug-likeness (QED) is 0.885. The average molecular weight is 289 g/mol. The van der Waals surface area contributed by atoms with Crippen molar-refractivity contribution in [3.63, 3.8) is 0 Å². The Kier molecular flexibility index (Phi) is 3.64. The Morgan fingerprint density at radius 1 is 1.52 bits per heavy atom. The summed E-state index contributed by atoms with van der Waals surface area (Å²) < 4.78 is 7.47. The summed E-state index contributed by atoms with van der Waals surface area (Å²) in [4.78, 5) is 12.3. The number of nitrogens with one attached hydrogen (secondary N) is 2. The van der Waals surface area contributed by atoms with Crippen LogP contribution in [0.1, 0.15) is 35.4 Å². The van der Waals surface area contributed by atoms with Crippen LogP contribution in [0.15, 0.2) is 18.5 Å². The van der Waals surface area contributed by atoms with Crippen molar-refractivity contribution in [2.24, 2.45) is 7.05 Å². The lowest BCUT2D eigenvalue weighted by Crippen LogP contribution is -2.43. The molecule has 1 fully saturated rings. The van der Waals surface area contributed by atoms with Crippen LogP contribution in [-0.4, -0.2) is 38.0 Å². The van der Waals surface area contributed by atoms with Gasteiger partial charge in [0, 0.05) is 7.05 Å². The van der Waals surface area contributed by atoms with Gasteiger partial charge in [0.15, 0.2) is 5.75 Å². The number of rotatable bonds is 4. The molecule has 0 spiro atoms. The summed E-state index contributed by atoms with van der Waals surface area (Å²) >= 11 is 0. The number of aromatic nitrogens is 4. The second kappa shape index (κ2) is 5.59. The van der Waals surface area contributed by atoms with E-state index < -0.39 is 0 Å². The van der Waals surface area contributed by atoms with Crippen LogP contribution < -0.4 is 10.1 Å². The Morgan fingerprint density at radius 3 is 3.05 bits per heavy atom. The highest BCUT2D eigenvalue weighted by Crippen LogP contribution is 2.24. The summed E-state index contributed by atoms with van der Waals surface area (Å²) in [5, 5.41) is 13.8. The molecule has 2 aromatic heterocycles. The summed E-state index contributed by atoms with van der Waals surface area (Å²) in [6.07, 6.45) is 6.23. The lowest BCUT2D eigenvalue weighted by Gasteiger charge is -2.21. The van der Waals surface area contributed by atoms with E-state index in [1.807, 2.05) is 6.92 Å². The van der Waals surface area contributed by atoms with Gasteiger partial charge in [0.05, 0.1) is 24.1 Å². The van der Waals surface area contributed by atoms with Gasteiger partial charge in [-0.05, 0) is 32.3 Å². The Labute approximate surface area is 122 Å². The van der Waals surface area contributed by atoms with E-state index in [1.54, 1.807) is 30.2 Å². The smallest absolute Gasteiger partial charge is 0.269 e. The first-order valence-electron chi connectivity index (χ1n) is 7.10. The number of hydrogen-bond acceptors (Lipinski definition) is 4. The van der Waals surface area contributed by atoms with E-state index in [0.29, 0.717) is 11.4 Å². The molecule has 0 radical (unpaired) electrons. The van der Waals surface area contributed by atoms with Gasteiger partial charge in [0.1, 0.15) is 11.8 Å². The van der Waals surface area contributed by atoms with E-state index in [0.717, 1.165) is 25.0 Å². The molecular formula is C14H19N5O2. The second-order valence-electron chi connectivity index (χ2n) is 5.40. The molecule has 7 nitrogen and oxygen atoms in total. The third kappa shape index (κ3) is 2.91. The number of nitrogens with zero attached hydrogens (tertiary/aromatic N) is 3. The molecular weight excluding hydrogens is 270 g/mol. The van der Waals surface area contributed by atoms with Gasteiger partial charge in [-0.25, -0.2) is 0 Å². The first-order valence-corrected chi connectivity index (χ1v) is 7.10. The second-order valence-corrected chi connectivity index (χ2v) is 5.40. The van der Waals surface area contributed by atoms with E-state index >= 15 is 0 Å². The SMILES string of the molecule is Cc1cc(C(=O)N[C@H]2CCC[C@H]2Oc2cn[nH]c2)n(C)n1. The van der Waals surface area contributed by atoms with E-state index in [-0.39, 0.29) is 18.1 Å². The van der Waals surface area contributed by atoms with Gasteiger partial charge in [-0.2, -0.15) is 10.2 Å². The van der Waals surface area contributed by atoms with Gasteiger partial charge >= 0.3 is 0 Å². The number of amides is 1. The summed E-state index contributed by atoms with van der Waals surface area (Å²) in [5.41, 5.74) is 1.40. The fourth-order valence-electron chi connectivity index (χ4n) is 2.78. The van der Waals surface area contributed by atoms with E-state index in [9.17, 15) is 4.79 Å². The maximum atomic E-state index is 12.3. The molecule has 2 atom stereocenters. The van der Waals surface area contributed by atoms with Crippen LogP contribution in [0.25, 0.3) is 0 Å². The highest BCUT2D eigenvalue weighted by Gasteiger charge is 2.31. The first kappa shape index (κ1) is 13.7. The molecule has 0 bridgehead atoms. The Bertz CT molecular complexity index is 619. The monoisotopic (exact) mass is 289 g/mol. The van der Waals surface area contributed by atoms with Crippen LogP contribution in [0.3, 0.4) is 0 Å². The third-order valence-electron chi connectivity index (χ3n) is 3.76. The number of aromatic amines is 1. The molecule has 21 heavy (non-hydrogen) atoms. The third-order valence-corrected chi connectivity index (χ3v) is 3.76. The lowest BCUT2D eigenvalue weighted by molar-refractivity contribution is 0.0884. The topological polar surface area (TPSA) is 84.8 Å². The fraction of sp³-hybridized carbons (Fsp3) is 0.500. The number of H-pyrrole nitrogens is 1. The highest BCUT2D eigenvalue weighted by molar-refractivity contribution is 5.92. The Hall–Kier alpha value is -2.31. The number of carbonyl (C=O) groups excluding carboxylic acids is 1. The van der Waals surface area contributed by atoms with Crippen LogP contribution in [0.5, 0.6) is 5.75 Å². The molecule has 1 aliphatic carbocycles. The van der Waals surface area contributed by atoms with Gasteiger partial charge in [0.2, 0.25) is 0 Å². The van der Waals surface area contributed by atoms with Crippen molar-refractivity contribution in [3.8, 4) is 5.75 Å². The molecule has 1 aliphatic rings. The van der Waals surface area contributed by atoms with Crippen molar-refractivity contribution in [2.45, 2.75) is 38.3 Å². The summed E-state index contributed by atoms with van der Waals surface area (Å²) in [6, 6.07) is 1.80. The zero-order chi connectivity index (χ0) is 14.8. The van der Waals surface area contributed by atoms with Crippen LogP contribution in [0.2, 0.25) is 0 Å². The van der Waals surface area contributed by atoms with E-state index in [2.05, 4.69) is 20.6 Å². The first-order chi connectivity index (χ1) is 10.1.